The van der Waals surface area contributed by atoms with Crippen molar-refractivity contribution in [2.24, 2.45) is 5.92 Å². The molecule has 1 nitrogen and oxygen atoms in total. The van der Waals surface area contributed by atoms with Crippen molar-refractivity contribution in [1.82, 2.24) is 5.32 Å². The fraction of sp³-hybridized carbons (Fsp3) is 0.857. The van der Waals surface area contributed by atoms with Gasteiger partial charge in [-0.3, -0.25) is 0 Å². The molecule has 0 amide bonds. The summed E-state index contributed by atoms with van der Waals surface area (Å²) < 4.78 is 0. The molecule has 92 valence electrons. The monoisotopic (exact) mass is 239 g/mol. The van der Waals surface area contributed by atoms with Gasteiger partial charge in [-0.15, -0.1) is 0 Å². The topological polar surface area (TPSA) is 12.0 Å². The van der Waals surface area contributed by atoms with Crippen molar-refractivity contribution in [2.45, 2.75) is 51.5 Å². The largest absolute Gasteiger partial charge is 0.310 e. The number of thioether (sulfide) groups is 1. The van der Waals surface area contributed by atoms with E-state index in [-0.39, 0.29) is 0 Å². The number of nitrogens with one attached hydrogen (secondary N) is 1. The Bertz CT molecular complexity index is 231. The van der Waals surface area contributed by atoms with Crippen LogP contribution in [-0.4, -0.2) is 24.1 Å². The summed E-state index contributed by atoms with van der Waals surface area (Å²) in [6.07, 6.45) is 10.9. The summed E-state index contributed by atoms with van der Waals surface area (Å²) in [5, 5.41) is 3.74. The maximum absolute atomic E-state index is 3.74. The summed E-state index contributed by atoms with van der Waals surface area (Å²) >= 11 is 2.14. The summed E-state index contributed by atoms with van der Waals surface area (Å²) in [5.41, 5.74) is 1.73. The lowest BCUT2D eigenvalue weighted by atomic mass is 9.89. The van der Waals surface area contributed by atoms with Gasteiger partial charge in [-0.1, -0.05) is 25.0 Å². The first-order valence-corrected chi connectivity index (χ1v) is 8.07. The molecular formula is C14H25NS. The molecular weight excluding hydrogens is 214 g/mol. The van der Waals surface area contributed by atoms with E-state index in [1.54, 1.807) is 5.57 Å². The van der Waals surface area contributed by atoms with E-state index in [0.29, 0.717) is 6.04 Å². The molecule has 2 heteroatoms. The molecule has 2 rings (SSSR count). The third-order valence-corrected chi connectivity index (χ3v) is 5.02. The van der Waals surface area contributed by atoms with Crippen LogP contribution in [0.4, 0.5) is 0 Å². The van der Waals surface area contributed by atoms with Gasteiger partial charge < -0.3 is 5.32 Å². The molecule has 0 bridgehead atoms. The first-order valence-electron chi connectivity index (χ1n) is 6.92. The molecule has 0 spiro atoms. The molecule has 1 N–H and O–H groups in total. The molecule has 0 aromatic rings. The van der Waals surface area contributed by atoms with E-state index >= 15 is 0 Å². The van der Waals surface area contributed by atoms with Crippen molar-refractivity contribution in [3.8, 4) is 0 Å². The minimum Gasteiger partial charge on any atom is -0.310 e. The SMILES string of the molecule is CCNC(C1=CCCCCC1)C1CCSC1. The molecule has 0 aromatic carbocycles. The van der Waals surface area contributed by atoms with Crippen molar-refractivity contribution in [3.63, 3.8) is 0 Å². The summed E-state index contributed by atoms with van der Waals surface area (Å²) in [6, 6.07) is 0.693. The Hall–Kier alpha value is 0.0500. The van der Waals surface area contributed by atoms with E-state index in [1.165, 1.54) is 50.0 Å². The second kappa shape index (κ2) is 6.70. The zero-order valence-corrected chi connectivity index (χ0v) is 11.3. The van der Waals surface area contributed by atoms with Gasteiger partial charge in [-0.05, 0) is 56.1 Å². The number of rotatable bonds is 4. The highest BCUT2D eigenvalue weighted by Gasteiger charge is 2.27. The fourth-order valence-electron chi connectivity index (χ4n) is 2.96. The highest BCUT2D eigenvalue weighted by Crippen LogP contribution is 2.32. The summed E-state index contributed by atoms with van der Waals surface area (Å²) in [6.45, 7) is 3.36. The molecule has 1 saturated heterocycles. The molecule has 1 fully saturated rings. The van der Waals surface area contributed by atoms with Crippen LogP contribution in [0.15, 0.2) is 11.6 Å². The minimum absolute atomic E-state index is 0.693. The average molecular weight is 239 g/mol. The van der Waals surface area contributed by atoms with Gasteiger partial charge in [0.2, 0.25) is 0 Å². The third kappa shape index (κ3) is 3.27. The van der Waals surface area contributed by atoms with Crippen LogP contribution in [0.25, 0.3) is 0 Å². The average Bonchev–Trinajstić information content (AvgIpc) is 2.69. The Morgan fingerprint density at radius 1 is 1.44 bits per heavy atom. The van der Waals surface area contributed by atoms with Crippen molar-refractivity contribution >= 4 is 11.8 Å². The number of likely N-dealkylation sites (N-methyl/N-ethyl adjacent to an activating group) is 1. The van der Waals surface area contributed by atoms with E-state index in [9.17, 15) is 0 Å². The molecule has 16 heavy (non-hydrogen) atoms. The van der Waals surface area contributed by atoms with E-state index in [0.717, 1.165) is 12.5 Å². The Morgan fingerprint density at radius 3 is 3.12 bits per heavy atom. The van der Waals surface area contributed by atoms with E-state index in [2.05, 4.69) is 30.1 Å². The molecule has 2 unspecified atom stereocenters. The van der Waals surface area contributed by atoms with Crippen molar-refractivity contribution in [3.05, 3.63) is 11.6 Å². The molecule has 1 aliphatic heterocycles. The lowest BCUT2D eigenvalue weighted by molar-refractivity contribution is 0.423. The Morgan fingerprint density at radius 2 is 2.38 bits per heavy atom. The van der Waals surface area contributed by atoms with Gasteiger partial charge in [0.05, 0.1) is 0 Å². The maximum atomic E-state index is 3.74. The van der Waals surface area contributed by atoms with E-state index in [1.807, 2.05) is 0 Å². The van der Waals surface area contributed by atoms with Gasteiger partial charge >= 0.3 is 0 Å². The second-order valence-electron chi connectivity index (χ2n) is 5.04. The minimum atomic E-state index is 0.693. The highest BCUT2D eigenvalue weighted by molar-refractivity contribution is 7.99. The molecule has 2 atom stereocenters. The van der Waals surface area contributed by atoms with Crippen molar-refractivity contribution < 1.29 is 0 Å². The predicted molar refractivity (Wildman–Crippen MR) is 74.1 cm³/mol. The third-order valence-electron chi connectivity index (χ3n) is 3.84. The van der Waals surface area contributed by atoms with Gasteiger partial charge in [0.15, 0.2) is 0 Å². The Balaban J connectivity index is 2.01. The smallest absolute Gasteiger partial charge is 0.0315 e. The highest BCUT2D eigenvalue weighted by atomic mass is 32.2. The van der Waals surface area contributed by atoms with Crippen LogP contribution in [0.1, 0.15) is 45.4 Å². The molecule has 1 aliphatic carbocycles. The summed E-state index contributed by atoms with van der Waals surface area (Å²) in [5.74, 6) is 3.64. The zero-order chi connectivity index (χ0) is 11.2. The fourth-order valence-corrected chi connectivity index (χ4v) is 4.26. The maximum Gasteiger partial charge on any atom is 0.0315 e. The van der Waals surface area contributed by atoms with Gasteiger partial charge in [-0.2, -0.15) is 11.8 Å². The van der Waals surface area contributed by atoms with Crippen LogP contribution >= 0.6 is 11.8 Å². The quantitative estimate of drug-likeness (QED) is 0.752. The molecule has 0 aromatic heterocycles. The van der Waals surface area contributed by atoms with Crippen LogP contribution in [0, 0.1) is 5.92 Å². The summed E-state index contributed by atoms with van der Waals surface area (Å²) in [4.78, 5) is 0. The van der Waals surface area contributed by atoms with Crippen molar-refractivity contribution in [2.75, 3.05) is 18.1 Å². The molecule has 1 heterocycles. The second-order valence-corrected chi connectivity index (χ2v) is 6.19. The number of hydrogen-bond donors (Lipinski definition) is 1. The standard InChI is InChI=1S/C14H25NS/c1-2-15-14(13-9-10-16-11-13)12-7-5-3-4-6-8-12/h7,13-15H,2-6,8-11H2,1H3. The summed E-state index contributed by atoms with van der Waals surface area (Å²) in [7, 11) is 0. The van der Waals surface area contributed by atoms with E-state index in [4.69, 9.17) is 0 Å². The Labute approximate surface area is 104 Å². The first-order chi connectivity index (χ1) is 7.92. The van der Waals surface area contributed by atoms with Crippen LogP contribution < -0.4 is 5.32 Å². The van der Waals surface area contributed by atoms with Crippen molar-refractivity contribution in [1.29, 1.82) is 0 Å². The lowest BCUT2D eigenvalue weighted by Gasteiger charge is -2.26. The van der Waals surface area contributed by atoms with Crippen LogP contribution in [0.2, 0.25) is 0 Å². The molecule has 0 radical (unpaired) electrons. The lowest BCUT2D eigenvalue weighted by Crippen LogP contribution is -2.38. The Kier molecular flexibility index (Phi) is 5.24. The molecule has 0 saturated carbocycles. The first kappa shape index (κ1) is 12.5. The van der Waals surface area contributed by atoms with Crippen LogP contribution in [-0.2, 0) is 0 Å². The van der Waals surface area contributed by atoms with Crippen LogP contribution in [0.3, 0.4) is 0 Å². The van der Waals surface area contributed by atoms with E-state index < -0.39 is 0 Å². The van der Waals surface area contributed by atoms with Gasteiger partial charge in [0.1, 0.15) is 0 Å². The number of hydrogen-bond acceptors (Lipinski definition) is 2. The molecule has 2 aliphatic rings. The van der Waals surface area contributed by atoms with Crippen LogP contribution in [0.5, 0.6) is 0 Å². The van der Waals surface area contributed by atoms with Gasteiger partial charge in [-0.25, -0.2) is 0 Å². The zero-order valence-electron chi connectivity index (χ0n) is 10.5. The van der Waals surface area contributed by atoms with Gasteiger partial charge in [0.25, 0.3) is 0 Å². The normalized spacial score (nSPS) is 28.6. The number of allylic oxidation sites excluding steroid dienone is 1. The van der Waals surface area contributed by atoms with Gasteiger partial charge in [0, 0.05) is 6.04 Å². The predicted octanol–water partition coefficient (Wildman–Crippen LogP) is 3.61.